The molecule has 0 aromatic carbocycles. The molecule has 0 saturated heterocycles. The van der Waals surface area contributed by atoms with E-state index in [-0.39, 0.29) is 18.2 Å². The van der Waals surface area contributed by atoms with Gasteiger partial charge < -0.3 is 9.47 Å². The van der Waals surface area contributed by atoms with Crippen LogP contribution in [0.3, 0.4) is 0 Å². The van der Waals surface area contributed by atoms with Crippen LogP contribution in [0.4, 0.5) is 0 Å². The average molecular weight is 357 g/mol. The van der Waals surface area contributed by atoms with E-state index in [1.807, 2.05) is 0 Å². The maximum Gasteiger partial charge on any atom is 0.306 e. The van der Waals surface area contributed by atoms with Crippen LogP contribution >= 0.6 is 0 Å². The highest BCUT2D eigenvalue weighted by atomic mass is 16.6. The maximum atomic E-state index is 12.2. The van der Waals surface area contributed by atoms with E-state index in [1.165, 1.54) is 19.3 Å². The molecule has 0 aliphatic carbocycles. The molecule has 3 heteroatoms. The minimum absolute atomic E-state index is 0.0364. The second-order valence-electron chi connectivity index (χ2n) is 7.24. The molecule has 0 fully saturated rings. The van der Waals surface area contributed by atoms with Gasteiger partial charge in [-0.05, 0) is 32.1 Å². The van der Waals surface area contributed by atoms with Crippen LogP contribution in [0, 0.1) is 0 Å². The van der Waals surface area contributed by atoms with E-state index < -0.39 is 0 Å². The smallest absolute Gasteiger partial charge is 0.306 e. The van der Waals surface area contributed by atoms with Crippen LogP contribution < -0.4 is 0 Å². The van der Waals surface area contributed by atoms with Crippen LogP contribution in [-0.2, 0) is 14.3 Å². The van der Waals surface area contributed by atoms with Crippen molar-refractivity contribution in [1.82, 2.24) is 0 Å². The third kappa shape index (κ3) is 14.3. The van der Waals surface area contributed by atoms with E-state index >= 15 is 0 Å². The van der Waals surface area contributed by atoms with Crippen LogP contribution in [0.2, 0.25) is 0 Å². The highest BCUT2D eigenvalue weighted by Crippen LogP contribution is 2.19. The third-order valence-corrected chi connectivity index (χ3v) is 4.70. The van der Waals surface area contributed by atoms with Crippen LogP contribution in [0.1, 0.15) is 118 Å². The predicted molar refractivity (Wildman–Crippen MR) is 107 cm³/mol. The Morgan fingerprint density at radius 1 is 0.680 bits per heavy atom. The average Bonchev–Trinajstić information content (AvgIpc) is 2.61. The number of carbonyl (C=O) groups is 1. The number of ether oxygens (including phenoxy) is 2. The fourth-order valence-corrected chi connectivity index (χ4v) is 3.02. The molecule has 0 N–H and O–H groups in total. The van der Waals surface area contributed by atoms with E-state index in [4.69, 9.17) is 9.47 Å². The minimum atomic E-state index is -0.0631. The lowest BCUT2D eigenvalue weighted by Crippen LogP contribution is -2.34. The molecule has 0 radical (unpaired) electrons. The molecule has 150 valence electrons. The zero-order chi connectivity index (χ0) is 18.8. The molecule has 2 atom stereocenters. The number of carbonyl (C=O) groups excluding carboxylic acids is 1. The Labute approximate surface area is 157 Å². The van der Waals surface area contributed by atoms with Crippen molar-refractivity contribution in [2.24, 2.45) is 0 Å². The largest absolute Gasteiger partial charge is 0.460 e. The molecule has 25 heavy (non-hydrogen) atoms. The van der Waals surface area contributed by atoms with Crippen LogP contribution in [0.25, 0.3) is 0 Å². The number of rotatable bonds is 18. The van der Waals surface area contributed by atoms with Gasteiger partial charge in [0.2, 0.25) is 0 Å². The Morgan fingerprint density at radius 3 is 1.84 bits per heavy atom. The molecule has 0 aromatic rings. The van der Waals surface area contributed by atoms with Gasteiger partial charge in [-0.25, -0.2) is 0 Å². The first kappa shape index (κ1) is 24.4. The Morgan fingerprint density at radius 2 is 1.24 bits per heavy atom. The van der Waals surface area contributed by atoms with Gasteiger partial charge in [0.05, 0.1) is 6.10 Å². The fourth-order valence-electron chi connectivity index (χ4n) is 3.02. The highest BCUT2D eigenvalue weighted by Gasteiger charge is 2.25. The van der Waals surface area contributed by atoms with Gasteiger partial charge in [-0.15, -0.1) is 0 Å². The first-order valence-corrected chi connectivity index (χ1v) is 11.0. The summed E-state index contributed by atoms with van der Waals surface area (Å²) in [6.07, 6.45) is 15.0. The van der Waals surface area contributed by atoms with Gasteiger partial charge in [-0.2, -0.15) is 0 Å². The number of unbranched alkanes of at least 4 members (excludes halogenated alkanes) is 7. The molecular formula is C22H44O3. The Kier molecular flexibility index (Phi) is 17.8. The van der Waals surface area contributed by atoms with Crippen molar-refractivity contribution in [3.05, 3.63) is 0 Å². The molecule has 0 aliphatic rings. The topological polar surface area (TPSA) is 35.5 Å². The summed E-state index contributed by atoms with van der Waals surface area (Å²) in [5.41, 5.74) is 0. The van der Waals surface area contributed by atoms with Crippen molar-refractivity contribution in [3.63, 3.8) is 0 Å². The van der Waals surface area contributed by atoms with Crippen molar-refractivity contribution < 1.29 is 14.3 Å². The van der Waals surface area contributed by atoms with E-state index in [0.29, 0.717) is 6.42 Å². The zero-order valence-electron chi connectivity index (χ0n) is 17.5. The molecule has 2 unspecified atom stereocenters. The van der Waals surface area contributed by atoms with Crippen molar-refractivity contribution in [1.29, 1.82) is 0 Å². The molecule has 0 bridgehead atoms. The van der Waals surface area contributed by atoms with Crippen molar-refractivity contribution in [2.45, 2.75) is 130 Å². The normalized spacial score (nSPS) is 13.6. The summed E-state index contributed by atoms with van der Waals surface area (Å²) in [5, 5.41) is 0. The van der Waals surface area contributed by atoms with Gasteiger partial charge in [0.25, 0.3) is 0 Å². The molecule has 0 amide bonds. The zero-order valence-corrected chi connectivity index (χ0v) is 17.5. The molecule has 0 saturated carbocycles. The summed E-state index contributed by atoms with van der Waals surface area (Å²) >= 11 is 0. The fraction of sp³-hybridized carbons (Fsp3) is 0.955. The van der Waals surface area contributed by atoms with Gasteiger partial charge in [0, 0.05) is 13.0 Å². The van der Waals surface area contributed by atoms with Crippen molar-refractivity contribution >= 4 is 5.97 Å². The molecule has 0 rings (SSSR count). The second kappa shape index (κ2) is 18.2. The summed E-state index contributed by atoms with van der Waals surface area (Å²) in [6, 6.07) is 0. The molecule has 0 heterocycles. The van der Waals surface area contributed by atoms with Gasteiger partial charge in [-0.1, -0.05) is 79.1 Å². The summed E-state index contributed by atoms with van der Waals surface area (Å²) < 4.78 is 12.1. The summed E-state index contributed by atoms with van der Waals surface area (Å²) in [7, 11) is 0. The maximum absolute atomic E-state index is 12.2. The van der Waals surface area contributed by atoms with Crippen LogP contribution in [-0.4, -0.2) is 24.8 Å². The van der Waals surface area contributed by atoms with E-state index in [1.54, 1.807) is 0 Å². The molecule has 0 aromatic heterocycles. The summed E-state index contributed by atoms with van der Waals surface area (Å²) in [4.78, 5) is 12.2. The Balaban J connectivity index is 4.55. The molecule has 0 spiro atoms. The monoisotopic (exact) mass is 356 g/mol. The van der Waals surface area contributed by atoms with E-state index in [9.17, 15) is 4.79 Å². The quantitative estimate of drug-likeness (QED) is 0.199. The lowest BCUT2D eigenvalue weighted by molar-refractivity contribution is -0.159. The van der Waals surface area contributed by atoms with Crippen molar-refractivity contribution in [2.75, 3.05) is 6.61 Å². The number of esters is 1. The Hall–Kier alpha value is -0.570. The minimum Gasteiger partial charge on any atom is -0.460 e. The van der Waals surface area contributed by atoms with E-state index in [0.717, 1.165) is 70.8 Å². The lowest BCUT2D eigenvalue weighted by Gasteiger charge is -2.27. The van der Waals surface area contributed by atoms with Crippen LogP contribution in [0.15, 0.2) is 0 Å². The summed E-state index contributed by atoms with van der Waals surface area (Å²) in [6.45, 7) is 9.57. The van der Waals surface area contributed by atoms with Crippen LogP contribution in [0.5, 0.6) is 0 Å². The second-order valence-corrected chi connectivity index (χ2v) is 7.24. The van der Waals surface area contributed by atoms with Gasteiger partial charge in [-0.3, -0.25) is 4.79 Å². The SMILES string of the molecule is CCCCCCOC(CCCC)C(CCCC)OC(=O)CCCCC. The first-order valence-electron chi connectivity index (χ1n) is 11.0. The molecule has 0 aliphatic heterocycles. The standard InChI is InChI=1S/C22H44O3/c1-5-9-13-15-19-24-20(16-11-7-3)21(17-12-8-4)25-22(23)18-14-10-6-2/h20-21H,5-19H2,1-4H3. The third-order valence-electron chi connectivity index (χ3n) is 4.70. The van der Waals surface area contributed by atoms with Gasteiger partial charge in [0.1, 0.15) is 6.10 Å². The highest BCUT2D eigenvalue weighted by molar-refractivity contribution is 5.69. The molecule has 3 nitrogen and oxygen atoms in total. The van der Waals surface area contributed by atoms with Gasteiger partial charge >= 0.3 is 5.97 Å². The van der Waals surface area contributed by atoms with Gasteiger partial charge in [0.15, 0.2) is 0 Å². The molecular weight excluding hydrogens is 312 g/mol. The van der Waals surface area contributed by atoms with Crippen molar-refractivity contribution in [3.8, 4) is 0 Å². The number of hydrogen-bond acceptors (Lipinski definition) is 3. The predicted octanol–water partition coefficient (Wildman–Crippen LogP) is 6.82. The Bertz CT molecular complexity index is 291. The van der Waals surface area contributed by atoms with E-state index in [2.05, 4.69) is 27.7 Å². The first-order chi connectivity index (χ1) is 12.2. The lowest BCUT2D eigenvalue weighted by atomic mass is 10.0. The number of hydrogen-bond donors (Lipinski definition) is 0. The summed E-state index contributed by atoms with van der Waals surface area (Å²) in [5.74, 6) is -0.0364.